The molecule has 0 bridgehead atoms. The van der Waals surface area contributed by atoms with E-state index in [4.69, 9.17) is 44.4 Å². The van der Waals surface area contributed by atoms with Crippen molar-refractivity contribution >= 4 is 40.9 Å². The van der Waals surface area contributed by atoms with Gasteiger partial charge in [-0.1, -0.05) is 71.1 Å². The fourth-order valence-corrected chi connectivity index (χ4v) is 2.22. The summed E-state index contributed by atoms with van der Waals surface area (Å²) in [7, 11) is 0. The molecule has 0 saturated heterocycles. The third-order valence-corrected chi connectivity index (χ3v) is 3.65. The zero-order valence-corrected chi connectivity index (χ0v) is 14.4. The first-order chi connectivity index (χ1) is 10.8. The fraction of sp³-hybridized carbons (Fsp3) is 0.357. The molecule has 0 radical (unpaired) electrons. The highest BCUT2D eigenvalue weighted by Crippen LogP contribution is 2.37. The van der Waals surface area contributed by atoms with Crippen molar-refractivity contribution in [1.82, 2.24) is 15.5 Å². The molecule has 9 heteroatoms. The van der Waals surface area contributed by atoms with Gasteiger partial charge < -0.3 is 14.9 Å². The molecular formula is C14H14Cl3N3O3. The van der Waals surface area contributed by atoms with E-state index in [2.05, 4.69) is 22.4 Å². The van der Waals surface area contributed by atoms with E-state index in [0.29, 0.717) is 6.42 Å². The number of hydrogen-bond donors (Lipinski definition) is 2. The third-order valence-electron chi connectivity index (χ3n) is 3.16. The number of carbonyl (C=O) groups is 1. The van der Waals surface area contributed by atoms with Crippen molar-refractivity contribution in [2.75, 3.05) is 0 Å². The van der Waals surface area contributed by atoms with E-state index in [9.17, 15) is 4.79 Å². The number of aryl methyl sites for hydroxylation is 1. The highest BCUT2D eigenvalue weighted by molar-refractivity contribution is 6.66. The minimum atomic E-state index is -1.86. The van der Waals surface area contributed by atoms with Crippen molar-refractivity contribution in [1.29, 1.82) is 0 Å². The molecule has 2 rings (SSSR count). The topological polar surface area (TPSA) is 88.2 Å². The molecule has 0 aliphatic carbocycles. The molecule has 1 unspecified atom stereocenters. The minimum Gasteiger partial charge on any atom is -0.465 e. The Balaban J connectivity index is 2.22. The highest BCUT2D eigenvalue weighted by Gasteiger charge is 2.32. The lowest BCUT2D eigenvalue weighted by molar-refractivity contribution is 0.189. The first-order valence-electron chi connectivity index (χ1n) is 6.77. The Labute approximate surface area is 147 Å². The van der Waals surface area contributed by atoms with E-state index in [0.717, 1.165) is 12.0 Å². The first kappa shape index (κ1) is 17.8. The maximum atomic E-state index is 11.0. The number of aromatic nitrogens is 2. The molecule has 0 aliphatic heterocycles. The Morgan fingerprint density at radius 2 is 1.91 bits per heavy atom. The highest BCUT2D eigenvalue weighted by atomic mass is 35.6. The maximum absolute atomic E-state index is 11.0. The first-order valence-corrected chi connectivity index (χ1v) is 7.91. The molecule has 0 saturated carbocycles. The second-order valence-electron chi connectivity index (χ2n) is 4.83. The molecule has 6 nitrogen and oxygen atoms in total. The van der Waals surface area contributed by atoms with Gasteiger partial charge in [-0.15, -0.1) is 0 Å². The Kier molecular flexibility index (Phi) is 5.73. The van der Waals surface area contributed by atoms with E-state index in [-0.39, 0.29) is 11.7 Å². The van der Waals surface area contributed by atoms with E-state index in [1.165, 1.54) is 5.56 Å². The van der Waals surface area contributed by atoms with E-state index in [1.807, 2.05) is 24.3 Å². The molecule has 1 aromatic carbocycles. The Hall–Kier alpha value is -1.50. The summed E-state index contributed by atoms with van der Waals surface area (Å²) < 4.78 is 3.02. The third kappa shape index (κ3) is 4.99. The summed E-state index contributed by atoms with van der Waals surface area (Å²) in [5.41, 5.74) is 2.11. The van der Waals surface area contributed by atoms with Gasteiger partial charge in [0.2, 0.25) is 0 Å². The van der Waals surface area contributed by atoms with Crippen molar-refractivity contribution in [2.45, 2.75) is 29.6 Å². The number of hydrogen-bond acceptors (Lipinski definition) is 4. The van der Waals surface area contributed by atoms with Crippen LogP contribution in [0, 0.1) is 0 Å². The summed E-state index contributed by atoms with van der Waals surface area (Å²) >= 11 is 17.0. The molecule has 0 spiro atoms. The number of alkyl halides is 3. The van der Waals surface area contributed by atoms with Crippen LogP contribution >= 0.6 is 34.8 Å². The average Bonchev–Trinajstić information content (AvgIpc) is 2.97. The monoisotopic (exact) mass is 377 g/mol. The second kappa shape index (κ2) is 7.38. The number of halogens is 3. The van der Waals surface area contributed by atoms with Gasteiger partial charge in [-0.3, -0.25) is 0 Å². The van der Waals surface area contributed by atoms with Crippen molar-refractivity contribution in [3.8, 4) is 0 Å². The summed E-state index contributed by atoms with van der Waals surface area (Å²) in [5.74, 6) is -0.107. The Morgan fingerprint density at radius 1 is 1.30 bits per heavy atom. The lowest BCUT2D eigenvalue weighted by Gasteiger charge is -2.13. The van der Waals surface area contributed by atoms with Crippen LogP contribution in [0.3, 0.4) is 0 Å². The quantitative estimate of drug-likeness (QED) is 0.767. The second-order valence-corrected chi connectivity index (χ2v) is 7.11. The van der Waals surface area contributed by atoms with Gasteiger partial charge in [0.05, 0.1) is 6.04 Å². The van der Waals surface area contributed by atoms with Crippen LogP contribution in [0.15, 0.2) is 28.8 Å². The molecule has 1 amide bonds. The molecule has 1 aromatic heterocycles. The van der Waals surface area contributed by atoms with Crippen molar-refractivity contribution in [3.63, 3.8) is 0 Å². The summed E-state index contributed by atoms with van der Waals surface area (Å²) in [5, 5.41) is 15.0. The SMILES string of the molecule is CCc1ccc(CC(NC(=O)O)c2noc(C(Cl)(Cl)Cl)n2)cc1. The Bertz CT molecular complexity index is 668. The smallest absolute Gasteiger partial charge is 0.405 e. The lowest BCUT2D eigenvalue weighted by Crippen LogP contribution is -2.29. The van der Waals surface area contributed by atoms with Crippen LogP contribution in [0.2, 0.25) is 0 Å². The normalized spacial score (nSPS) is 12.9. The number of amides is 1. The van der Waals surface area contributed by atoms with Crippen LogP contribution in [0.1, 0.15) is 35.8 Å². The van der Waals surface area contributed by atoms with Crippen molar-refractivity contribution < 1.29 is 14.4 Å². The summed E-state index contributed by atoms with van der Waals surface area (Å²) in [6.07, 6.45) is 0.0596. The van der Waals surface area contributed by atoms with E-state index in [1.54, 1.807) is 0 Å². The molecule has 0 fully saturated rings. The summed E-state index contributed by atoms with van der Waals surface area (Å²) in [6.45, 7) is 2.06. The number of nitrogens with zero attached hydrogens (tertiary/aromatic N) is 2. The Morgan fingerprint density at radius 3 is 2.39 bits per heavy atom. The van der Waals surface area contributed by atoms with Crippen molar-refractivity contribution in [3.05, 3.63) is 47.1 Å². The van der Waals surface area contributed by atoms with Gasteiger partial charge in [0.1, 0.15) is 0 Å². The van der Waals surface area contributed by atoms with Crippen LogP contribution in [0.25, 0.3) is 0 Å². The average molecular weight is 379 g/mol. The van der Waals surface area contributed by atoms with Crippen LogP contribution in [-0.4, -0.2) is 21.3 Å². The van der Waals surface area contributed by atoms with Gasteiger partial charge in [0, 0.05) is 6.42 Å². The minimum absolute atomic E-state index is 0.105. The van der Waals surface area contributed by atoms with Gasteiger partial charge in [-0.05, 0) is 17.5 Å². The lowest BCUT2D eigenvalue weighted by atomic mass is 10.0. The maximum Gasteiger partial charge on any atom is 0.405 e. The number of carboxylic acid groups (broad SMARTS) is 1. The molecular weight excluding hydrogens is 365 g/mol. The van der Waals surface area contributed by atoms with Gasteiger partial charge in [-0.2, -0.15) is 4.98 Å². The summed E-state index contributed by atoms with van der Waals surface area (Å²) in [6, 6.07) is 7.09. The van der Waals surface area contributed by atoms with Crippen LogP contribution in [0.5, 0.6) is 0 Å². The predicted octanol–water partition coefficient (Wildman–Crippen LogP) is 4.01. The van der Waals surface area contributed by atoms with Gasteiger partial charge >= 0.3 is 6.09 Å². The van der Waals surface area contributed by atoms with Gasteiger partial charge in [-0.25, -0.2) is 4.79 Å². The van der Waals surface area contributed by atoms with Crippen LogP contribution in [0.4, 0.5) is 4.79 Å². The predicted molar refractivity (Wildman–Crippen MR) is 87.0 cm³/mol. The number of rotatable bonds is 5. The van der Waals surface area contributed by atoms with E-state index >= 15 is 0 Å². The molecule has 1 heterocycles. The van der Waals surface area contributed by atoms with E-state index < -0.39 is 15.9 Å². The summed E-state index contributed by atoms with van der Waals surface area (Å²) in [4.78, 5) is 15.0. The van der Waals surface area contributed by atoms with Crippen LogP contribution in [-0.2, 0) is 16.6 Å². The number of benzene rings is 1. The molecule has 2 N–H and O–H groups in total. The van der Waals surface area contributed by atoms with Gasteiger partial charge in [0.15, 0.2) is 5.82 Å². The van der Waals surface area contributed by atoms with Crippen LogP contribution < -0.4 is 5.32 Å². The molecule has 124 valence electrons. The standard InChI is InChI=1S/C14H14Cl3N3O3/c1-2-8-3-5-9(6-4-8)7-10(18-13(21)22)11-19-12(23-20-11)14(15,16)17/h3-6,10,18H,2,7H2,1H3,(H,21,22). The number of nitrogens with one attached hydrogen (secondary N) is 1. The molecule has 0 aliphatic rings. The van der Waals surface area contributed by atoms with Crippen molar-refractivity contribution in [2.24, 2.45) is 0 Å². The zero-order chi connectivity index (χ0) is 17.0. The zero-order valence-electron chi connectivity index (χ0n) is 12.1. The van der Waals surface area contributed by atoms with Gasteiger partial charge in [0.25, 0.3) is 9.68 Å². The molecule has 23 heavy (non-hydrogen) atoms. The fourth-order valence-electron chi connectivity index (χ4n) is 1.99. The molecule has 2 aromatic rings. The largest absolute Gasteiger partial charge is 0.465 e. The molecule has 1 atom stereocenters.